The lowest BCUT2D eigenvalue weighted by Crippen LogP contribution is -2.18. The lowest BCUT2D eigenvalue weighted by molar-refractivity contribution is 0.603. The van der Waals surface area contributed by atoms with Crippen molar-refractivity contribution >= 4 is 31.8 Å². The van der Waals surface area contributed by atoms with E-state index in [1.165, 1.54) is 0 Å². The van der Waals surface area contributed by atoms with Crippen LogP contribution in [0.2, 0.25) is 0 Å². The summed E-state index contributed by atoms with van der Waals surface area (Å²) in [6, 6.07) is 34.4. The molecule has 0 saturated carbocycles. The van der Waals surface area contributed by atoms with Gasteiger partial charge < -0.3 is 5.32 Å². The van der Waals surface area contributed by atoms with Gasteiger partial charge in [-0.25, -0.2) is 13.4 Å². The van der Waals surface area contributed by atoms with Gasteiger partial charge in [0.1, 0.15) is 10.2 Å². The molecule has 4 nitrogen and oxygen atoms in total. The maximum Gasteiger partial charge on any atom is 0.193 e. The molecule has 0 aliphatic carbocycles. The number of allylic oxidation sites excluding steroid dienone is 1. The standard InChI is InChI=1S/C30H26N2O2S/c1-21-13-17-23(18-14-21)29-27(31-25-9-5-3-6-10-25)28(32-26-11-7-4-8-12-26)30(35(29,33)34)24-19-15-22(2)16-20-24/h3-20,29,32H,1-2H3. The fourth-order valence-corrected chi connectivity index (χ4v) is 6.41. The first-order valence-electron chi connectivity index (χ1n) is 11.5. The monoisotopic (exact) mass is 478 g/mol. The molecule has 174 valence electrons. The highest BCUT2D eigenvalue weighted by atomic mass is 32.2. The Balaban J connectivity index is 1.80. The molecule has 0 aromatic heterocycles. The van der Waals surface area contributed by atoms with Gasteiger partial charge in [0.2, 0.25) is 0 Å². The molecule has 0 bridgehead atoms. The van der Waals surface area contributed by atoms with E-state index >= 15 is 0 Å². The van der Waals surface area contributed by atoms with E-state index in [4.69, 9.17) is 4.99 Å². The quantitative estimate of drug-likeness (QED) is 0.335. The van der Waals surface area contributed by atoms with Gasteiger partial charge in [0.15, 0.2) is 9.84 Å². The number of para-hydroxylation sites is 2. The Morgan fingerprint density at radius 2 is 1.23 bits per heavy atom. The molecule has 5 rings (SSSR count). The zero-order valence-electron chi connectivity index (χ0n) is 19.6. The molecule has 1 N–H and O–H groups in total. The SMILES string of the molecule is Cc1ccc(C2=C(Nc3ccccc3)C(=Nc3ccccc3)C(c3ccc(C)cc3)S2(=O)=O)cc1. The van der Waals surface area contributed by atoms with Gasteiger partial charge in [-0.15, -0.1) is 0 Å². The molecule has 0 spiro atoms. The number of hydrogen-bond donors (Lipinski definition) is 1. The fourth-order valence-electron chi connectivity index (χ4n) is 4.29. The van der Waals surface area contributed by atoms with Gasteiger partial charge in [0, 0.05) is 5.69 Å². The molecule has 1 unspecified atom stereocenters. The summed E-state index contributed by atoms with van der Waals surface area (Å²) in [5.74, 6) is 0. The lowest BCUT2D eigenvalue weighted by Gasteiger charge is -2.15. The Labute approximate surface area is 206 Å². The second-order valence-corrected chi connectivity index (χ2v) is 10.7. The lowest BCUT2D eigenvalue weighted by atomic mass is 10.0. The first kappa shape index (κ1) is 22.8. The normalized spacial score (nSPS) is 18.1. The second kappa shape index (κ2) is 9.35. The minimum atomic E-state index is -3.81. The molecule has 0 fully saturated rings. The van der Waals surface area contributed by atoms with Crippen LogP contribution in [-0.2, 0) is 9.84 Å². The Hall–Kier alpha value is -3.96. The van der Waals surface area contributed by atoms with E-state index in [0.29, 0.717) is 28.2 Å². The molecule has 0 radical (unpaired) electrons. The summed E-state index contributed by atoms with van der Waals surface area (Å²) in [5.41, 5.74) is 5.97. The average Bonchev–Trinajstić information content (AvgIpc) is 3.07. The summed E-state index contributed by atoms with van der Waals surface area (Å²) in [4.78, 5) is 5.19. The molecule has 35 heavy (non-hydrogen) atoms. The number of anilines is 1. The number of aliphatic imine (C=N–C) groups is 1. The van der Waals surface area contributed by atoms with Crippen molar-refractivity contribution in [3.05, 3.63) is 137 Å². The van der Waals surface area contributed by atoms with Gasteiger partial charge in [0.25, 0.3) is 0 Å². The van der Waals surface area contributed by atoms with Crippen LogP contribution in [0.4, 0.5) is 11.4 Å². The van der Waals surface area contributed by atoms with Crippen LogP contribution in [-0.4, -0.2) is 14.1 Å². The maximum absolute atomic E-state index is 14.3. The van der Waals surface area contributed by atoms with Gasteiger partial charge in [-0.3, -0.25) is 0 Å². The number of nitrogens with zero attached hydrogens (tertiary/aromatic N) is 1. The van der Waals surface area contributed by atoms with Crippen LogP contribution in [0.25, 0.3) is 4.91 Å². The van der Waals surface area contributed by atoms with Crippen LogP contribution in [0.5, 0.6) is 0 Å². The zero-order valence-corrected chi connectivity index (χ0v) is 20.5. The molecule has 5 heteroatoms. The summed E-state index contributed by atoms with van der Waals surface area (Å²) in [6.07, 6.45) is 0. The van der Waals surface area contributed by atoms with Crippen molar-refractivity contribution in [2.45, 2.75) is 19.1 Å². The molecule has 4 aromatic rings. The number of aryl methyl sites for hydroxylation is 2. The highest BCUT2D eigenvalue weighted by molar-refractivity contribution is 8.02. The molecule has 0 saturated heterocycles. The van der Waals surface area contributed by atoms with Gasteiger partial charge in [-0.2, -0.15) is 0 Å². The van der Waals surface area contributed by atoms with Crippen LogP contribution in [0.15, 0.2) is 120 Å². The van der Waals surface area contributed by atoms with E-state index in [1.54, 1.807) is 0 Å². The minimum Gasteiger partial charge on any atom is -0.353 e. The number of benzene rings is 4. The summed E-state index contributed by atoms with van der Waals surface area (Å²) in [5, 5.41) is 2.49. The van der Waals surface area contributed by atoms with Crippen LogP contribution in [0, 0.1) is 13.8 Å². The third kappa shape index (κ3) is 4.55. The Bertz CT molecular complexity index is 1510. The zero-order chi connectivity index (χ0) is 24.4. The number of rotatable bonds is 5. The maximum atomic E-state index is 14.3. The highest BCUT2D eigenvalue weighted by Crippen LogP contribution is 2.46. The van der Waals surface area contributed by atoms with Crippen LogP contribution < -0.4 is 5.32 Å². The van der Waals surface area contributed by atoms with E-state index < -0.39 is 15.1 Å². The Kier molecular flexibility index (Phi) is 6.10. The molecule has 1 atom stereocenters. The smallest absolute Gasteiger partial charge is 0.193 e. The largest absolute Gasteiger partial charge is 0.353 e. The molecule has 1 aliphatic rings. The van der Waals surface area contributed by atoms with Gasteiger partial charge in [0.05, 0.1) is 17.1 Å². The van der Waals surface area contributed by atoms with Crippen molar-refractivity contribution in [1.82, 2.24) is 0 Å². The van der Waals surface area contributed by atoms with Crippen LogP contribution in [0.3, 0.4) is 0 Å². The van der Waals surface area contributed by atoms with Gasteiger partial charge in [-0.05, 0) is 49.2 Å². The Morgan fingerprint density at radius 3 is 1.83 bits per heavy atom. The van der Waals surface area contributed by atoms with Crippen molar-refractivity contribution in [2.75, 3.05) is 5.32 Å². The van der Waals surface area contributed by atoms with Crippen LogP contribution in [0.1, 0.15) is 27.5 Å². The minimum absolute atomic E-state index is 0.265. The number of hydrogen-bond acceptors (Lipinski definition) is 4. The van der Waals surface area contributed by atoms with E-state index in [0.717, 1.165) is 16.8 Å². The molecule has 4 aromatic carbocycles. The van der Waals surface area contributed by atoms with E-state index in [2.05, 4.69) is 5.32 Å². The second-order valence-electron chi connectivity index (χ2n) is 8.73. The predicted octanol–water partition coefficient (Wildman–Crippen LogP) is 7.03. The molecule has 0 amide bonds. The summed E-state index contributed by atoms with van der Waals surface area (Å²) < 4.78 is 28.6. The summed E-state index contributed by atoms with van der Waals surface area (Å²) >= 11 is 0. The van der Waals surface area contributed by atoms with Crippen molar-refractivity contribution in [1.29, 1.82) is 0 Å². The van der Waals surface area contributed by atoms with E-state index in [1.807, 2.05) is 123 Å². The molecule has 1 heterocycles. The fraction of sp³-hybridized carbons (Fsp3) is 0.100. The van der Waals surface area contributed by atoms with Crippen molar-refractivity contribution in [3.8, 4) is 0 Å². The molecule has 1 aliphatic heterocycles. The third-order valence-electron chi connectivity index (χ3n) is 6.07. The predicted molar refractivity (Wildman–Crippen MR) is 145 cm³/mol. The van der Waals surface area contributed by atoms with Gasteiger partial charge in [-0.1, -0.05) is 96.1 Å². The Morgan fingerprint density at radius 1 is 0.686 bits per heavy atom. The number of sulfone groups is 1. The average molecular weight is 479 g/mol. The van der Waals surface area contributed by atoms with E-state index in [9.17, 15) is 8.42 Å². The first-order valence-corrected chi connectivity index (χ1v) is 13.1. The van der Waals surface area contributed by atoms with Crippen molar-refractivity contribution in [3.63, 3.8) is 0 Å². The van der Waals surface area contributed by atoms with Gasteiger partial charge >= 0.3 is 0 Å². The number of nitrogens with one attached hydrogen (secondary N) is 1. The molecular formula is C30H26N2O2S. The highest BCUT2D eigenvalue weighted by Gasteiger charge is 2.46. The molecular weight excluding hydrogens is 452 g/mol. The summed E-state index contributed by atoms with van der Waals surface area (Å²) in [7, 11) is -3.81. The summed E-state index contributed by atoms with van der Waals surface area (Å²) in [6.45, 7) is 3.98. The van der Waals surface area contributed by atoms with Crippen molar-refractivity contribution < 1.29 is 8.42 Å². The van der Waals surface area contributed by atoms with Crippen LogP contribution >= 0.6 is 0 Å². The van der Waals surface area contributed by atoms with E-state index in [-0.39, 0.29) is 4.91 Å². The van der Waals surface area contributed by atoms with Crippen molar-refractivity contribution in [2.24, 2.45) is 4.99 Å². The first-order chi connectivity index (χ1) is 16.9. The topological polar surface area (TPSA) is 58.5 Å². The third-order valence-corrected chi connectivity index (χ3v) is 8.19.